The Morgan fingerprint density at radius 3 is 1.89 bits per heavy atom. The number of unbranched alkanes of at least 4 members (excludes halogenated alkanes) is 8. The summed E-state index contributed by atoms with van der Waals surface area (Å²) in [4.78, 5) is 22.8. The van der Waals surface area contributed by atoms with Gasteiger partial charge in [-0.2, -0.15) is 0 Å². The number of carbonyl (C=O) groups excluding carboxylic acids is 2. The molecule has 0 aromatic carbocycles. The van der Waals surface area contributed by atoms with Gasteiger partial charge in [0.05, 0.1) is 6.61 Å². The Hall–Kier alpha value is -0.860. The van der Waals surface area contributed by atoms with E-state index in [0.29, 0.717) is 13.0 Å². The minimum absolute atomic E-state index is 0.343. The molecule has 19 heavy (non-hydrogen) atoms. The van der Waals surface area contributed by atoms with E-state index < -0.39 is 5.97 Å². The van der Waals surface area contributed by atoms with Crippen LogP contribution in [0.1, 0.15) is 84.5 Å². The molecule has 0 unspecified atom stereocenters. The molecule has 0 radical (unpaired) electrons. The number of carbonyl (C=O) groups is 2. The van der Waals surface area contributed by atoms with Gasteiger partial charge >= 0.3 is 5.97 Å². The van der Waals surface area contributed by atoms with Crippen molar-refractivity contribution < 1.29 is 14.3 Å². The van der Waals surface area contributed by atoms with Crippen molar-refractivity contribution in [1.82, 2.24) is 0 Å². The third kappa shape index (κ3) is 11.9. The Morgan fingerprint density at radius 1 is 0.737 bits per heavy atom. The summed E-state index contributed by atoms with van der Waals surface area (Å²) in [5.41, 5.74) is 0. The van der Waals surface area contributed by atoms with Crippen LogP contribution in [-0.4, -0.2) is 18.4 Å². The lowest BCUT2D eigenvalue weighted by Crippen LogP contribution is -2.17. The quantitative estimate of drug-likeness (QED) is 0.282. The Bertz CT molecular complexity index is 236. The number of hydrogen-bond donors (Lipinski definition) is 0. The Kier molecular flexibility index (Phi) is 13.0. The van der Waals surface area contributed by atoms with Crippen molar-refractivity contribution in [2.75, 3.05) is 6.61 Å². The van der Waals surface area contributed by atoms with Crippen molar-refractivity contribution in [2.45, 2.75) is 84.5 Å². The van der Waals surface area contributed by atoms with E-state index in [-0.39, 0.29) is 5.78 Å². The maximum absolute atomic E-state index is 11.4. The first-order valence-electron chi connectivity index (χ1n) is 7.92. The summed E-state index contributed by atoms with van der Waals surface area (Å²) >= 11 is 0. The predicted molar refractivity (Wildman–Crippen MR) is 78.1 cm³/mol. The van der Waals surface area contributed by atoms with Crippen LogP contribution in [-0.2, 0) is 14.3 Å². The van der Waals surface area contributed by atoms with Crippen LogP contribution in [0.15, 0.2) is 0 Å². The average Bonchev–Trinajstić information content (AvgIpc) is 2.42. The third-order valence-corrected chi connectivity index (χ3v) is 3.22. The minimum Gasteiger partial charge on any atom is -0.460 e. The molecule has 0 N–H and O–H groups in total. The van der Waals surface area contributed by atoms with Crippen LogP contribution in [0.4, 0.5) is 0 Å². The second kappa shape index (κ2) is 13.6. The minimum atomic E-state index is -0.634. The van der Waals surface area contributed by atoms with E-state index in [4.69, 9.17) is 4.74 Å². The van der Waals surface area contributed by atoms with Crippen molar-refractivity contribution in [3.63, 3.8) is 0 Å². The molecule has 0 aliphatic rings. The molecule has 3 heteroatoms. The lowest BCUT2D eigenvalue weighted by atomic mass is 10.1. The Morgan fingerprint density at radius 2 is 1.26 bits per heavy atom. The second-order valence-electron chi connectivity index (χ2n) is 5.14. The summed E-state index contributed by atoms with van der Waals surface area (Å²) in [7, 11) is 0. The largest absolute Gasteiger partial charge is 0.460 e. The lowest BCUT2D eigenvalue weighted by Gasteiger charge is -2.04. The zero-order chi connectivity index (χ0) is 14.3. The van der Waals surface area contributed by atoms with Gasteiger partial charge in [-0.3, -0.25) is 4.79 Å². The van der Waals surface area contributed by atoms with Crippen LogP contribution >= 0.6 is 0 Å². The van der Waals surface area contributed by atoms with Gasteiger partial charge < -0.3 is 4.74 Å². The number of ketones is 1. The van der Waals surface area contributed by atoms with Crippen LogP contribution in [0, 0.1) is 0 Å². The zero-order valence-electron chi connectivity index (χ0n) is 12.7. The first-order chi connectivity index (χ1) is 9.22. The maximum atomic E-state index is 11.4. The van der Waals surface area contributed by atoms with Gasteiger partial charge in [0.2, 0.25) is 5.78 Å². The molecule has 3 nitrogen and oxygen atoms in total. The molecule has 0 aromatic heterocycles. The number of hydrogen-bond acceptors (Lipinski definition) is 3. The molecule has 0 amide bonds. The third-order valence-electron chi connectivity index (χ3n) is 3.22. The topological polar surface area (TPSA) is 43.4 Å². The van der Waals surface area contributed by atoms with E-state index >= 15 is 0 Å². The molecule has 0 spiro atoms. The normalized spacial score (nSPS) is 10.4. The van der Waals surface area contributed by atoms with E-state index in [1.165, 1.54) is 25.7 Å². The van der Waals surface area contributed by atoms with E-state index in [2.05, 4.69) is 13.8 Å². The van der Waals surface area contributed by atoms with Gasteiger partial charge in [-0.1, -0.05) is 65.2 Å². The molecule has 0 saturated heterocycles. The fourth-order valence-corrected chi connectivity index (χ4v) is 1.94. The van der Waals surface area contributed by atoms with E-state index in [9.17, 15) is 9.59 Å². The van der Waals surface area contributed by atoms with E-state index in [0.717, 1.165) is 38.5 Å². The van der Waals surface area contributed by atoms with Crippen molar-refractivity contribution in [3.8, 4) is 0 Å². The van der Waals surface area contributed by atoms with E-state index in [1.807, 2.05) is 0 Å². The molecule has 0 fully saturated rings. The summed E-state index contributed by atoms with van der Waals surface area (Å²) < 4.78 is 4.98. The highest BCUT2D eigenvalue weighted by Crippen LogP contribution is 2.06. The Balaban J connectivity index is 3.39. The molecule has 0 bridgehead atoms. The highest BCUT2D eigenvalue weighted by molar-refractivity contribution is 6.33. The van der Waals surface area contributed by atoms with Gasteiger partial charge in [-0.15, -0.1) is 0 Å². The van der Waals surface area contributed by atoms with Crippen LogP contribution in [0.25, 0.3) is 0 Å². The maximum Gasteiger partial charge on any atom is 0.374 e. The van der Waals surface area contributed by atoms with Crippen molar-refractivity contribution in [2.24, 2.45) is 0 Å². The van der Waals surface area contributed by atoms with Crippen molar-refractivity contribution >= 4 is 11.8 Å². The summed E-state index contributed by atoms with van der Waals surface area (Å²) in [6.45, 7) is 4.70. The molecule has 112 valence electrons. The number of Topliss-reactive ketones (excluding diaryl/α,β-unsaturated/α-hetero) is 1. The van der Waals surface area contributed by atoms with Gasteiger partial charge in [0.25, 0.3) is 0 Å². The molecule has 0 rings (SSSR count). The molecule has 0 aliphatic heterocycles. The summed E-state index contributed by atoms with van der Waals surface area (Å²) in [5, 5.41) is 0. The molecule has 0 aromatic rings. The summed E-state index contributed by atoms with van der Waals surface area (Å²) in [6, 6.07) is 0. The van der Waals surface area contributed by atoms with Gasteiger partial charge in [-0.05, 0) is 12.8 Å². The highest BCUT2D eigenvalue weighted by Gasteiger charge is 2.14. The van der Waals surface area contributed by atoms with Gasteiger partial charge in [0, 0.05) is 6.42 Å². The van der Waals surface area contributed by atoms with Crippen LogP contribution in [0.5, 0.6) is 0 Å². The smallest absolute Gasteiger partial charge is 0.374 e. The summed E-state index contributed by atoms with van der Waals surface area (Å²) in [5.74, 6) is -0.993. The molecular formula is C16H30O3. The highest BCUT2D eigenvalue weighted by atomic mass is 16.5. The molecule has 0 heterocycles. The lowest BCUT2D eigenvalue weighted by molar-refractivity contribution is -0.154. The number of ether oxygens (including phenoxy) is 1. The molecule has 0 aliphatic carbocycles. The monoisotopic (exact) mass is 270 g/mol. The predicted octanol–water partition coefficient (Wildman–Crippen LogP) is 4.43. The second-order valence-corrected chi connectivity index (χ2v) is 5.14. The fourth-order valence-electron chi connectivity index (χ4n) is 1.94. The van der Waals surface area contributed by atoms with Crippen LogP contribution < -0.4 is 0 Å². The summed E-state index contributed by atoms with van der Waals surface area (Å²) in [6.07, 6.45) is 11.3. The first kappa shape index (κ1) is 18.1. The van der Waals surface area contributed by atoms with Gasteiger partial charge in [0.1, 0.15) is 0 Å². The number of esters is 1. The van der Waals surface area contributed by atoms with Gasteiger partial charge in [0.15, 0.2) is 0 Å². The fraction of sp³-hybridized carbons (Fsp3) is 0.875. The standard InChI is InChI=1S/C16H30O3/c1-3-5-7-9-10-12-14-19-16(18)15(17)13-11-8-6-4-2/h3-14H2,1-2H3. The SMILES string of the molecule is CCCCCCCCOC(=O)C(=O)CCCCCC. The molecule has 0 atom stereocenters. The molecular weight excluding hydrogens is 240 g/mol. The number of rotatable bonds is 13. The average molecular weight is 270 g/mol. The zero-order valence-corrected chi connectivity index (χ0v) is 12.7. The van der Waals surface area contributed by atoms with Crippen molar-refractivity contribution in [1.29, 1.82) is 0 Å². The first-order valence-corrected chi connectivity index (χ1v) is 7.92. The van der Waals surface area contributed by atoms with Gasteiger partial charge in [-0.25, -0.2) is 4.79 Å². The Labute approximate surface area is 118 Å². The molecule has 0 saturated carbocycles. The van der Waals surface area contributed by atoms with Crippen LogP contribution in [0.3, 0.4) is 0 Å². The van der Waals surface area contributed by atoms with Crippen LogP contribution in [0.2, 0.25) is 0 Å². The van der Waals surface area contributed by atoms with Crippen molar-refractivity contribution in [3.05, 3.63) is 0 Å². The van der Waals surface area contributed by atoms with E-state index in [1.54, 1.807) is 0 Å².